The van der Waals surface area contributed by atoms with Gasteiger partial charge in [-0.25, -0.2) is 4.39 Å². The van der Waals surface area contributed by atoms with Gasteiger partial charge in [-0.3, -0.25) is 0 Å². The number of aliphatic hydroxyl groups excluding tert-OH is 1. The highest BCUT2D eigenvalue weighted by atomic mass is 35.5. The van der Waals surface area contributed by atoms with Gasteiger partial charge in [-0.2, -0.15) is 0 Å². The molecule has 1 nitrogen and oxygen atoms in total. The number of aliphatic hydroxyl groups is 1. The average molecular weight is 301 g/mol. The fourth-order valence-corrected chi connectivity index (χ4v) is 2.72. The maximum atomic E-state index is 13.9. The molecule has 0 saturated heterocycles. The van der Waals surface area contributed by atoms with Crippen LogP contribution < -0.4 is 0 Å². The van der Waals surface area contributed by atoms with Crippen LogP contribution in [0, 0.1) is 5.82 Å². The molecule has 3 aromatic carbocycles. The molecule has 0 saturated carbocycles. The fraction of sp³-hybridized carbons (Fsp3) is 0.111. The van der Waals surface area contributed by atoms with Crippen molar-refractivity contribution in [3.63, 3.8) is 0 Å². The molecule has 106 valence electrons. The number of rotatable bonds is 3. The predicted octanol–water partition coefficient (Wildman–Crippen LogP) is 4.91. The third-order valence-electron chi connectivity index (χ3n) is 3.61. The van der Waals surface area contributed by atoms with Gasteiger partial charge >= 0.3 is 0 Å². The third-order valence-corrected chi connectivity index (χ3v) is 3.85. The van der Waals surface area contributed by atoms with Crippen LogP contribution in [0.2, 0.25) is 5.02 Å². The summed E-state index contributed by atoms with van der Waals surface area (Å²) in [6.07, 6.45) is -0.534. The quantitative estimate of drug-likeness (QED) is 0.729. The normalized spacial score (nSPS) is 12.5. The van der Waals surface area contributed by atoms with Gasteiger partial charge in [0.25, 0.3) is 0 Å². The molecule has 0 aliphatic rings. The monoisotopic (exact) mass is 300 g/mol. The summed E-state index contributed by atoms with van der Waals surface area (Å²) in [5.74, 6) is -0.477. The van der Waals surface area contributed by atoms with Crippen molar-refractivity contribution in [2.45, 2.75) is 12.5 Å². The lowest BCUT2D eigenvalue weighted by Crippen LogP contribution is -2.04. The minimum atomic E-state index is -0.895. The molecule has 0 radical (unpaired) electrons. The first-order valence-corrected chi connectivity index (χ1v) is 7.12. The highest BCUT2D eigenvalue weighted by molar-refractivity contribution is 6.30. The van der Waals surface area contributed by atoms with Gasteiger partial charge in [0.05, 0.1) is 6.10 Å². The van der Waals surface area contributed by atoms with Gasteiger partial charge in [0.1, 0.15) is 5.82 Å². The van der Waals surface area contributed by atoms with Crippen molar-refractivity contribution >= 4 is 22.4 Å². The smallest absolute Gasteiger partial charge is 0.130 e. The maximum Gasteiger partial charge on any atom is 0.130 e. The molecule has 1 N–H and O–H groups in total. The number of hydrogen-bond donors (Lipinski definition) is 1. The van der Waals surface area contributed by atoms with Crippen LogP contribution in [0.4, 0.5) is 4.39 Å². The second-order valence-electron chi connectivity index (χ2n) is 5.02. The first-order chi connectivity index (χ1) is 10.1. The van der Waals surface area contributed by atoms with Crippen molar-refractivity contribution in [2.75, 3.05) is 0 Å². The fourth-order valence-electron chi connectivity index (χ4n) is 2.56. The molecule has 0 spiro atoms. The molecule has 1 atom stereocenters. The largest absolute Gasteiger partial charge is 0.388 e. The molecule has 0 aromatic heterocycles. The van der Waals surface area contributed by atoms with Crippen LogP contribution >= 0.6 is 11.6 Å². The van der Waals surface area contributed by atoms with Crippen LogP contribution in [0.25, 0.3) is 10.8 Å². The second kappa shape index (κ2) is 5.84. The second-order valence-corrected chi connectivity index (χ2v) is 5.46. The van der Waals surface area contributed by atoms with Crippen LogP contribution in [0.15, 0.2) is 60.7 Å². The zero-order chi connectivity index (χ0) is 14.8. The molecular weight excluding hydrogens is 287 g/mol. The summed E-state index contributed by atoms with van der Waals surface area (Å²) in [5.41, 5.74) is 1.27. The van der Waals surface area contributed by atoms with E-state index in [1.54, 1.807) is 6.07 Å². The van der Waals surface area contributed by atoms with Crippen LogP contribution in [-0.4, -0.2) is 5.11 Å². The van der Waals surface area contributed by atoms with Gasteiger partial charge in [0.15, 0.2) is 0 Å². The van der Waals surface area contributed by atoms with E-state index in [1.165, 1.54) is 12.1 Å². The predicted molar refractivity (Wildman–Crippen MR) is 84.0 cm³/mol. The Balaban J connectivity index is 1.94. The van der Waals surface area contributed by atoms with Gasteiger partial charge in [-0.05, 0) is 28.5 Å². The Bertz CT molecular complexity index is 780. The summed E-state index contributed by atoms with van der Waals surface area (Å²) < 4.78 is 13.9. The summed E-state index contributed by atoms with van der Waals surface area (Å²) in [6, 6.07) is 18.2. The van der Waals surface area contributed by atoms with E-state index in [2.05, 4.69) is 0 Å². The molecule has 0 aliphatic heterocycles. The lowest BCUT2D eigenvalue weighted by atomic mass is 9.96. The van der Waals surface area contributed by atoms with Crippen molar-refractivity contribution < 1.29 is 9.50 Å². The average Bonchev–Trinajstić information content (AvgIpc) is 2.47. The molecule has 0 heterocycles. The zero-order valence-corrected chi connectivity index (χ0v) is 12.0. The Morgan fingerprint density at radius 2 is 1.76 bits per heavy atom. The van der Waals surface area contributed by atoms with Crippen molar-refractivity contribution in [1.82, 2.24) is 0 Å². The van der Waals surface area contributed by atoms with Crippen molar-refractivity contribution in [3.8, 4) is 0 Å². The number of halogens is 2. The lowest BCUT2D eigenvalue weighted by molar-refractivity contribution is 0.174. The topological polar surface area (TPSA) is 20.2 Å². The molecule has 21 heavy (non-hydrogen) atoms. The Labute approximate surface area is 127 Å². The van der Waals surface area contributed by atoms with Crippen LogP contribution in [0.5, 0.6) is 0 Å². The molecule has 0 amide bonds. The van der Waals surface area contributed by atoms with Crippen molar-refractivity contribution in [3.05, 3.63) is 82.6 Å². The highest BCUT2D eigenvalue weighted by Gasteiger charge is 2.15. The van der Waals surface area contributed by atoms with Gasteiger partial charge in [0.2, 0.25) is 0 Å². The Hall–Kier alpha value is -1.90. The van der Waals surface area contributed by atoms with Gasteiger partial charge in [0, 0.05) is 17.0 Å². The van der Waals surface area contributed by atoms with Crippen molar-refractivity contribution in [1.29, 1.82) is 0 Å². The SMILES string of the molecule is OC(Cc1cccc2ccccc12)c1ccc(Cl)cc1F. The Kier molecular flexibility index (Phi) is 3.91. The summed E-state index contributed by atoms with van der Waals surface area (Å²) in [4.78, 5) is 0. The van der Waals surface area contributed by atoms with Crippen LogP contribution in [-0.2, 0) is 6.42 Å². The molecule has 3 heteroatoms. The maximum absolute atomic E-state index is 13.9. The van der Waals surface area contributed by atoms with E-state index < -0.39 is 11.9 Å². The first kappa shape index (κ1) is 14.1. The molecule has 0 fully saturated rings. The van der Waals surface area contributed by atoms with E-state index in [0.717, 1.165) is 16.3 Å². The molecule has 0 bridgehead atoms. The first-order valence-electron chi connectivity index (χ1n) is 6.75. The van der Waals surface area contributed by atoms with Gasteiger partial charge < -0.3 is 5.11 Å². The van der Waals surface area contributed by atoms with E-state index in [4.69, 9.17) is 11.6 Å². The Morgan fingerprint density at radius 1 is 1.00 bits per heavy atom. The minimum absolute atomic E-state index is 0.271. The summed E-state index contributed by atoms with van der Waals surface area (Å²) in [5, 5.41) is 12.8. The summed E-state index contributed by atoms with van der Waals surface area (Å²) in [7, 11) is 0. The zero-order valence-electron chi connectivity index (χ0n) is 11.3. The van der Waals surface area contributed by atoms with E-state index in [1.807, 2.05) is 42.5 Å². The molecule has 3 aromatic rings. The summed E-state index contributed by atoms with van der Waals surface area (Å²) in [6.45, 7) is 0. The number of hydrogen-bond acceptors (Lipinski definition) is 1. The number of benzene rings is 3. The number of fused-ring (bicyclic) bond motifs is 1. The van der Waals surface area contributed by atoms with E-state index in [9.17, 15) is 9.50 Å². The van der Waals surface area contributed by atoms with Gasteiger partial charge in [-0.15, -0.1) is 0 Å². The molecular formula is C18H14ClFO. The van der Waals surface area contributed by atoms with E-state index >= 15 is 0 Å². The van der Waals surface area contributed by atoms with Crippen LogP contribution in [0.1, 0.15) is 17.2 Å². The van der Waals surface area contributed by atoms with E-state index in [-0.39, 0.29) is 5.56 Å². The molecule has 0 aliphatic carbocycles. The summed E-state index contributed by atoms with van der Waals surface area (Å²) >= 11 is 5.74. The standard InChI is InChI=1S/C18H14ClFO/c19-14-8-9-16(17(20)11-14)18(21)10-13-6-3-5-12-4-1-2-7-15(12)13/h1-9,11,18,21H,10H2. The minimum Gasteiger partial charge on any atom is -0.388 e. The molecule has 3 rings (SSSR count). The van der Waals surface area contributed by atoms with Crippen LogP contribution in [0.3, 0.4) is 0 Å². The van der Waals surface area contributed by atoms with Gasteiger partial charge in [-0.1, -0.05) is 60.1 Å². The highest BCUT2D eigenvalue weighted by Crippen LogP contribution is 2.27. The Morgan fingerprint density at radius 3 is 2.57 bits per heavy atom. The van der Waals surface area contributed by atoms with E-state index in [0.29, 0.717) is 11.4 Å². The lowest BCUT2D eigenvalue weighted by Gasteiger charge is -2.14. The molecule has 1 unspecified atom stereocenters. The third kappa shape index (κ3) is 2.92. The van der Waals surface area contributed by atoms with Crippen molar-refractivity contribution in [2.24, 2.45) is 0 Å².